The van der Waals surface area contributed by atoms with Crippen LogP contribution in [0, 0.1) is 0 Å². The van der Waals surface area contributed by atoms with Gasteiger partial charge >= 0.3 is 0 Å². The number of carbonyl (C=O) groups excluding carboxylic acids is 2. The summed E-state index contributed by atoms with van der Waals surface area (Å²) in [4.78, 5) is 24.8. The van der Waals surface area contributed by atoms with Crippen LogP contribution in [0.4, 0.5) is 5.69 Å². The Kier molecular flexibility index (Phi) is 9.05. The van der Waals surface area contributed by atoms with Crippen molar-refractivity contribution < 1.29 is 9.59 Å². The maximum absolute atomic E-state index is 12.5. The Hall–Kier alpha value is -2.23. The SMILES string of the molecule is C=CCn1c(CNC(=O)c2ccc(Cl)cc2Cl)nnc1SCC(=O)Nc1cc(Cl)cc(Cl)c1. The molecule has 0 radical (unpaired) electrons. The van der Waals surface area contributed by atoms with Crippen molar-refractivity contribution in [3.05, 3.63) is 80.5 Å². The van der Waals surface area contributed by atoms with E-state index in [2.05, 4.69) is 27.4 Å². The predicted octanol–water partition coefficient (Wildman–Crippen LogP) is 5.74. The second-order valence-corrected chi connectivity index (χ2v) is 9.26. The average molecular weight is 545 g/mol. The van der Waals surface area contributed by atoms with E-state index in [1.165, 1.54) is 17.8 Å². The lowest BCUT2D eigenvalue weighted by atomic mass is 10.2. The number of nitrogens with zero attached hydrogens (tertiary/aromatic N) is 3. The van der Waals surface area contributed by atoms with Gasteiger partial charge in [0.1, 0.15) is 0 Å². The molecule has 0 aliphatic heterocycles. The summed E-state index contributed by atoms with van der Waals surface area (Å²) in [5.41, 5.74) is 0.790. The summed E-state index contributed by atoms with van der Waals surface area (Å²) in [6.45, 7) is 4.24. The Morgan fingerprint density at radius 1 is 1.03 bits per heavy atom. The van der Waals surface area contributed by atoms with Crippen molar-refractivity contribution in [2.45, 2.75) is 18.2 Å². The molecule has 3 aromatic rings. The van der Waals surface area contributed by atoms with Crippen molar-refractivity contribution in [1.82, 2.24) is 20.1 Å². The Balaban J connectivity index is 1.63. The van der Waals surface area contributed by atoms with E-state index in [4.69, 9.17) is 46.4 Å². The molecule has 172 valence electrons. The monoisotopic (exact) mass is 543 g/mol. The zero-order valence-electron chi connectivity index (χ0n) is 16.9. The summed E-state index contributed by atoms with van der Waals surface area (Å²) < 4.78 is 1.75. The van der Waals surface area contributed by atoms with Crippen LogP contribution in [0.15, 0.2) is 54.2 Å². The number of nitrogens with one attached hydrogen (secondary N) is 2. The Morgan fingerprint density at radius 3 is 2.42 bits per heavy atom. The highest BCUT2D eigenvalue weighted by Crippen LogP contribution is 2.24. The van der Waals surface area contributed by atoms with Gasteiger partial charge in [0.05, 0.1) is 22.9 Å². The minimum absolute atomic E-state index is 0.0755. The van der Waals surface area contributed by atoms with E-state index >= 15 is 0 Å². The summed E-state index contributed by atoms with van der Waals surface area (Å²) in [5.74, 6) is -0.0678. The molecule has 0 aliphatic rings. The predicted molar refractivity (Wildman–Crippen MR) is 134 cm³/mol. The number of carbonyl (C=O) groups is 2. The fraction of sp³-hybridized carbons (Fsp3) is 0.143. The number of amides is 2. The third kappa shape index (κ3) is 7.12. The van der Waals surface area contributed by atoms with Crippen molar-refractivity contribution in [2.24, 2.45) is 0 Å². The van der Waals surface area contributed by atoms with E-state index in [9.17, 15) is 9.59 Å². The van der Waals surface area contributed by atoms with Crippen molar-refractivity contribution in [2.75, 3.05) is 11.1 Å². The number of rotatable bonds is 9. The number of allylic oxidation sites excluding steroid dienone is 1. The van der Waals surface area contributed by atoms with Crippen LogP contribution >= 0.6 is 58.2 Å². The molecule has 3 rings (SSSR count). The Bertz CT molecular complexity index is 1180. The smallest absolute Gasteiger partial charge is 0.253 e. The first-order chi connectivity index (χ1) is 15.8. The van der Waals surface area contributed by atoms with E-state index in [-0.39, 0.29) is 29.1 Å². The number of benzene rings is 2. The number of aromatic nitrogens is 3. The molecule has 0 atom stereocenters. The quantitative estimate of drug-likeness (QED) is 0.265. The summed E-state index contributed by atoms with van der Waals surface area (Å²) in [6, 6.07) is 9.40. The molecule has 0 saturated heterocycles. The average Bonchev–Trinajstić information content (AvgIpc) is 3.11. The number of hydrogen-bond acceptors (Lipinski definition) is 5. The maximum Gasteiger partial charge on any atom is 0.253 e. The molecular weight excluding hydrogens is 528 g/mol. The van der Waals surface area contributed by atoms with Crippen LogP contribution in [0.5, 0.6) is 0 Å². The molecule has 0 spiro atoms. The largest absolute Gasteiger partial charge is 0.345 e. The van der Waals surface area contributed by atoms with Gasteiger partial charge in [-0.2, -0.15) is 0 Å². The van der Waals surface area contributed by atoms with Gasteiger partial charge in [-0.05, 0) is 36.4 Å². The number of hydrogen-bond donors (Lipinski definition) is 2. The molecule has 0 aliphatic carbocycles. The van der Waals surface area contributed by atoms with Crippen molar-refractivity contribution in [3.8, 4) is 0 Å². The molecule has 0 fully saturated rings. The highest BCUT2D eigenvalue weighted by molar-refractivity contribution is 7.99. The standard InChI is InChI=1S/C21H17Cl4N5O2S/c1-2-5-30-18(10-26-20(32)16-4-3-12(22)9-17(16)25)28-29-21(30)33-11-19(31)27-15-7-13(23)6-14(24)8-15/h2-4,6-9H,1,5,10-11H2,(H,26,32)(H,27,31). The summed E-state index contributed by atoms with van der Waals surface area (Å²) in [7, 11) is 0. The van der Waals surface area contributed by atoms with Crippen molar-refractivity contribution >= 4 is 75.7 Å². The van der Waals surface area contributed by atoms with Crippen LogP contribution < -0.4 is 10.6 Å². The van der Waals surface area contributed by atoms with Gasteiger partial charge in [0, 0.05) is 27.3 Å². The molecule has 0 unspecified atom stereocenters. The second kappa shape index (κ2) is 11.8. The Labute approximate surface area is 214 Å². The third-order valence-electron chi connectivity index (χ3n) is 4.17. The van der Waals surface area contributed by atoms with E-state index in [1.807, 2.05) is 0 Å². The zero-order valence-corrected chi connectivity index (χ0v) is 20.8. The molecular formula is C21H17Cl4N5O2S. The zero-order chi connectivity index (χ0) is 24.0. The fourth-order valence-electron chi connectivity index (χ4n) is 2.75. The topological polar surface area (TPSA) is 88.9 Å². The first kappa shape index (κ1) is 25.4. The first-order valence-electron chi connectivity index (χ1n) is 9.41. The van der Waals surface area contributed by atoms with Crippen LogP contribution in [0.3, 0.4) is 0 Å². The lowest BCUT2D eigenvalue weighted by molar-refractivity contribution is -0.113. The number of thioether (sulfide) groups is 1. The van der Waals surface area contributed by atoms with Gasteiger partial charge in [-0.25, -0.2) is 0 Å². The third-order valence-corrected chi connectivity index (χ3v) is 6.12. The van der Waals surface area contributed by atoms with E-state index < -0.39 is 0 Å². The molecule has 2 aromatic carbocycles. The maximum atomic E-state index is 12.5. The van der Waals surface area contributed by atoms with E-state index in [0.717, 1.165) is 0 Å². The summed E-state index contributed by atoms with van der Waals surface area (Å²) in [5, 5.41) is 15.8. The summed E-state index contributed by atoms with van der Waals surface area (Å²) in [6.07, 6.45) is 1.67. The highest BCUT2D eigenvalue weighted by atomic mass is 35.5. The van der Waals surface area contributed by atoms with Crippen LogP contribution in [0.1, 0.15) is 16.2 Å². The van der Waals surface area contributed by atoms with E-state index in [0.29, 0.717) is 43.8 Å². The van der Waals surface area contributed by atoms with Gasteiger partial charge < -0.3 is 15.2 Å². The van der Waals surface area contributed by atoms with Crippen molar-refractivity contribution in [3.63, 3.8) is 0 Å². The normalized spacial score (nSPS) is 10.7. The fourth-order valence-corrected chi connectivity index (χ4v) is 4.54. The van der Waals surface area contributed by atoms with Crippen LogP contribution in [-0.2, 0) is 17.9 Å². The molecule has 0 saturated carbocycles. The van der Waals surface area contributed by atoms with Crippen LogP contribution in [0.2, 0.25) is 20.1 Å². The molecule has 7 nitrogen and oxygen atoms in total. The van der Waals surface area contributed by atoms with Gasteiger partial charge in [0.25, 0.3) is 5.91 Å². The van der Waals surface area contributed by atoms with Gasteiger partial charge in [0.2, 0.25) is 5.91 Å². The van der Waals surface area contributed by atoms with Crippen LogP contribution in [0.25, 0.3) is 0 Å². The second-order valence-electron chi connectivity index (χ2n) is 6.60. The van der Waals surface area contributed by atoms with Crippen molar-refractivity contribution in [1.29, 1.82) is 0 Å². The minimum Gasteiger partial charge on any atom is -0.345 e. The number of halogens is 4. The highest BCUT2D eigenvalue weighted by Gasteiger charge is 2.16. The lowest BCUT2D eigenvalue weighted by Crippen LogP contribution is -2.25. The molecule has 2 N–H and O–H groups in total. The van der Waals surface area contributed by atoms with E-state index in [1.54, 1.807) is 41.0 Å². The molecule has 2 amide bonds. The number of anilines is 1. The van der Waals surface area contributed by atoms with Gasteiger partial charge in [0.15, 0.2) is 11.0 Å². The molecule has 1 aromatic heterocycles. The molecule has 1 heterocycles. The van der Waals surface area contributed by atoms with Crippen LogP contribution in [-0.4, -0.2) is 32.3 Å². The molecule has 33 heavy (non-hydrogen) atoms. The first-order valence-corrected chi connectivity index (χ1v) is 11.9. The summed E-state index contributed by atoms with van der Waals surface area (Å²) >= 11 is 25.1. The molecule has 0 bridgehead atoms. The Morgan fingerprint density at radius 2 is 1.76 bits per heavy atom. The minimum atomic E-state index is -0.376. The van der Waals surface area contributed by atoms with Gasteiger partial charge in [-0.1, -0.05) is 64.2 Å². The lowest BCUT2D eigenvalue weighted by Gasteiger charge is -2.10. The van der Waals surface area contributed by atoms with Gasteiger partial charge in [-0.15, -0.1) is 16.8 Å². The molecule has 12 heteroatoms. The van der Waals surface area contributed by atoms with Gasteiger partial charge in [-0.3, -0.25) is 9.59 Å².